The number of carbonyl (C=O) groups excluding carboxylic acids is 2. The van der Waals surface area contributed by atoms with Crippen molar-refractivity contribution in [2.75, 3.05) is 0 Å². The summed E-state index contributed by atoms with van der Waals surface area (Å²) in [5.41, 5.74) is 0.805. The third kappa shape index (κ3) is 1.61. The van der Waals surface area contributed by atoms with E-state index in [1.807, 2.05) is 13.0 Å². The topological polar surface area (TPSA) is 43.4 Å². The molecule has 3 rings (SSSR count). The Kier molecular flexibility index (Phi) is 2.36. The van der Waals surface area contributed by atoms with Gasteiger partial charge in [-0.15, -0.1) is 6.42 Å². The van der Waals surface area contributed by atoms with Gasteiger partial charge in [0.2, 0.25) is 11.6 Å². The predicted molar refractivity (Wildman–Crippen MR) is 70.3 cm³/mol. The second-order valence-electron chi connectivity index (χ2n) is 4.99. The number of terminal acetylenes is 1. The maximum absolute atomic E-state index is 12.1. The molecule has 1 aliphatic heterocycles. The zero-order chi connectivity index (χ0) is 13.6. The van der Waals surface area contributed by atoms with E-state index in [1.54, 1.807) is 18.2 Å². The molecule has 1 aliphatic carbocycles. The van der Waals surface area contributed by atoms with Gasteiger partial charge < -0.3 is 4.74 Å². The summed E-state index contributed by atoms with van der Waals surface area (Å²) < 4.78 is 5.84. The lowest BCUT2D eigenvalue weighted by atomic mass is 9.82. The Balaban J connectivity index is 2.21. The fourth-order valence-corrected chi connectivity index (χ4v) is 2.49. The summed E-state index contributed by atoms with van der Waals surface area (Å²) in [6, 6.07) is 6.98. The highest BCUT2D eigenvalue weighted by Crippen LogP contribution is 2.40. The lowest BCUT2D eigenvalue weighted by Gasteiger charge is -2.35. The van der Waals surface area contributed by atoms with Crippen LogP contribution in [0.5, 0.6) is 0 Å². The largest absolute Gasteiger partial charge is 0.474 e. The summed E-state index contributed by atoms with van der Waals surface area (Å²) >= 11 is 0. The van der Waals surface area contributed by atoms with Gasteiger partial charge in [0.1, 0.15) is 5.76 Å². The van der Waals surface area contributed by atoms with Crippen molar-refractivity contribution >= 4 is 17.3 Å². The van der Waals surface area contributed by atoms with E-state index in [0.29, 0.717) is 35.3 Å². The van der Waals surface area contributed by atoms with Crippen LogP contribution in [0, 0.1) is 12.3 Å². The van der Waals surface area contributed by atoms with Gasteiger partial charge in [-0.2, -0.15) is 0 Å². The van der Waals surface area contributed by atoms with Crippen LogP contribution in [-0.2, 0) is 9.53 Å². The van der Waals surface area contributed by atoms with Gasteiger partial charge >= 0.3 is 0 Å². The SMILES string of the molecule is C#CC1(C)CCC2=C(O1)c1ccccc1C(=O)C2=O. The number of Topliss-reactive ketones (excluding diaryl/α,β-unsaturated/α-hetero) is 2. The number of rotatable bonds is 0. The molecule has 0 spiro atoms. The van der Waals surface area contributed by atoms with E-state index in [1.165, 1.54) is 0 Å². The zero-order valence-electron chi connectivity index (χ0n) is 10.5. The van der Waals surface area contributed by atoms with E-state index in [2.05, 4.69) is 5.92 Å². The summed E-state index contributed by atoms with van der Waals surface area (Å²) in [4.78, 5) is 24.1. The smallest absolute Gasteiger partial charge is 0.234 e. The molecule has 0 bridgehead atoms. The predicted octanol–water partition coefficient (Wildman–Crippen LogP) is 2.37. The number of hydrogen-bond acceptors (Lipinski definition) is 3. The van der Waals surface area contributed by atoms with E-state index in [9.17, 15) is 9.59 Å². The molecule has 2 aliphatic rings. The highest BCUT2D eigenvalue weighted by atomic mass is 16.5. The first kappa shape index (κ1) is 11.7. The van der Waals surface area contributed by atoms with E-state index >= 15 is 0 Å². The lowest BCUT2D eigenvalue weighted by molar-refractivity contribution is -0.112. The molecule has 1 aromatic carbocycles. The van der Waals surface area contributed by atoms with Crippen molar-refractivity contribution in [2.24, 2.45) is 0 Å². The highest BCUT2D eigenvalue weighted by molar-refractivity contribution is 6.52. The molecule has 1 aromatic rings. The van der Waals surface area contributed by atoms with Crippen molar-refractivity contribution in [3.8, 4) is 12.3 Å². The molecule has 1 heterocycles. The Bertz CT molecular complexity index is 675. The van der Waals surface area contributed by atoms with E-state index in [-0.39, 0.29) is 0 Å². The van der Waals surface area contributed by atoms with Gasteiger partial charge in [0.25, 0.3) is 0 Å². The van der Waals surface area contributed by atoms with Crippen molar-refractivity contribution in [2.45, 2.75) is 25.4 Å². The van der Waals surface area contributed by atoms with Crippen LogP contribution in [0.1, 0.15) is 35.7 Å². The minimum absolute atomic E-state index is 0.396. The van der Waals surface area contributed by atoms with E-state index in [0.717, 1.165) is 0 Å². The monoisotopic (exact) mass is 252 g/mol. The number of carbonyl (C=O) groups is 2. The van der Waals surface area contributed by atoms with E-state index in [4.69, 9.17) is 11.2 Å². The molecule has 1 atom stereocenters. The maximum atomic E-state index is 12.1. The van der Waals surface area contributed by atoms with Crippen LogP contribution in [0.25, 0.3) is 5.76 Å². The van der Waals surface area contributed by atoms with Crippen LogP contribution in [0.15, 0.2) is 29.8 Å². The average molecular weight is 252 g/mol. The molecule has 3 nitrogen and oxygen atoms in total. The number of ketones is 2. The minimum Gasteiger partial charge on any atom is -0.474 e. The number of fused-ring (bicyclic) bond motifs is 2. The zero-order valence-corrected chi connectivity index (χ0v) is 10.5. The Morgan fingerprint density at radius 2 is 1.89 bits per heavy atom. The Labute approximate surface area is 111 Å². The summed E-state index contributed by atoms with van der Waals surface area (Å²) in [7, 11) is 0. The quantitative estimate of drug-likeness (QED) is 0.526. The van der Waals surface area contributed by atoms with E-state index < -0.39 is 17.2 Å². The van der Waals surface area contributed by atoms with Crippen molar-refractivity contribution < 1.29 is 14.3 Å². The van der Waals surface area contributed by atoms with Gasteiger partial charge in [0, 0.05) is 23.1 Å². The number of allylic oxidation sites excluding steroid dienone is 1. The normalized spacial score (nSPS) is 25.3. The first-order valence-electron chi connectivity index (χ1n) is 6.14. The Morgan fingerprint density at radius 1 is 1.21 bits per heavy atom. The minimum atomic E-state index is -0.716. The molecule has 0 amide bonds. The summed E-state index contributed by atoms with van der Waals surface area (Å²) in [5, 5.41) is 0. The molecule has 3 heteroatoms. The molecule has 0 radical (unpaired) electrons. The standard InChI is InChI=1S/C16H12O3/c1-3-16(2)9-8-12-14(18)13(17)10-6-4-5-7-11(10)15(12)19-16/h1,4-7H,8-9H2,2H3. The van der Waals surface area contributed by atoms with Gasteiger partial charge in [-0.25, -0.2) is 0 Å². The highest BCUT2D eigenvalue weighted by Gasteiger charge is 2.40. The van der Waals surface area contributed by atoms with Crippen LogP contribution < -0.4 is 0 Å². The van der Waals surface area contributed by atoms with Crippen LogP contribution in [-0.4, -0.2) is 17.2 Å². The van der Waals surface area contributed by atoms with Gasteiger partial charge in [-0.3, -0.25) is 9.59 Å². The Hall–Kier alpha value is -2.34. The first-order chi connectivity index (χ1) is 9.06. The molecule has 0 saturated heterocycles. The maximum Gasteiger partial charge on any atom is 0.234 e. The molecular formula is C16H12O3. The second-order valence-corrected chi connectivity index (χ2v) is 4.99. The molecule has 94 valence electrons. The molecule has 0 saturated carbocycles. The third-order valence-electron chi connectivity index (χ3n) is 3.66. The molecule has 19 heavy (non-hydrogen) atoms. The van der Waals surface area contributed by atoms with Crippen molar-refractivity contribution in [1.82, 2.24) is 0 Å². The van der Waals surface area contributed by atoms with Gasteiger partial charge in [-0.05, 0) is 13.3 Å². The molecule has 1 unspecified atom stereocenters. The Morgan fingerprint density at radius 3 is 2.58 bits per heavy atom. The van der Waals surface area contributed by atoms with Gasteiger partial charge in [-0.1, -0.05) is 30.2 Å². The lowest BCUT2D eigenvalue weighted by Crippen LogP contribution is -2.35. The molecule has 0 N–H and O–H groups in total. The van der Waals surface area contributed by atoms with Crippen molar-refractivity contribution in [1.29, 1.82) is 0 Å². The molecule has 0 fully saturated rings. The van der Waals surface area contributed by atoms with Gasteiger partial charge in [0.15, 0.2) is 5.60 Å². The van der Waals surface area contributed by atoms with Crippen molar-refractivity contribution in [3.63, 3.8) is 0 Å². The fraction of sp³-hybridized carbons (Fsp3) is 0.250. The average Bonchev–Trinajstić information content (AvgIpc) is 2.45. The number of benzene rings is 1. The summed E-state index contributed by atoms with van der Waals surface area (Å²) in [6.07, 6.45) is 6.52. The van der Waals surface area contributed by atoms with Crippen LogP contribution >= 0.6 is 0 Å². The number of ether oxygens (including phenoxy) is 1. The summed E-state index contributed by atoms with van der Waals surface area (Å²) in [5.74, 6) is 2.17. The van der Waals surface area contributed by atoms with Crippen LogP contribution in [0.4, 0.5) is 0 Å². The fourth-order valence-electron chi connectivity index (χ4n) is 2.49. The third-order valence-corrected chi connectivity index (χ3v) is 3.66. The molecule has 0 aromatic heterocycles. The molecular weight excluding hydrogens is 240 g/mol. The first-order valence-corrected chi connectivity index (χ1v) is 6.14. The van der Waals surface area contributed by atoms with Crippen LogP contribution in [0.2, 0.25) is 0 Å². The van der Waals surface area contributed by atoms with Crippen molar-refractivity contribution in [3.05, 3.63) is 41.0 Å². The van der Waals surface area contributed by atoms with Crippen LogP contribution in [0.3, 0.4) is 0 Å². The second kappa shape index (κ2) is 3.83. The summed E-state index contributed by atoms with van der Waals surface area (Å²) in [6.45, 7) is 1.82. The van der Waals surface area contributed by atoms with Gasteiger partial charge in [0.05, 0.1) is 0 Å². The number of hydrogen-bond donors (Lipinski definition) is 0.